The fourth-order valence-electron chi connectivity index (χ4n) is 3.86. The zero-order valence-electron chi connectivity index (χ0n) is 17.9. The Kier molecular flexibility index (Phi) is 6.06. The Bertz CT molecular complexity index is 1090. The summed E-state index contributed by atoms with van der Waals surface area (Å²) in [5, 5.41) is 3.00. The lowest BCUT2D eigenvalue weighted by Crippen LogP contribution is -2.41. The fourth-order valence-corrected chi connectivity index (χ4v) is 3.86. The van der Waals surface area contributed by atoms with Crippen LogP contribution < -0.4 is 24.4 Å². The molecule has 4 rings (SSSR count). The number of benzene rings is 2. The maximum Gasteiger partial charge on any atom is 0.257 e. The van der Waals surface area contributed by atoms with E-state index in [0.29, 0.717) is 35.4 Å². The normalized spacial score (nSPS) is 16.1. The topological polar surface area (TPSA) is 85.8 Å². The van der Waals surface area contributed by atoms with Gasteiger partial charge in [0.05, 0.1) is 38.3 Å². The zero-order valence-corrected chi connectivity index (χ0v) is 17.9. The maximum atomic E-state index is 13.0. The Morgan fingerprint density at radius 3 is 2.45 bits per heavy atom. The third-order valence-corrected chi connectivity index (χ3v) is 5.46. The van der Waals surface area contributed by atoms with Gasteiger partial charge in [0.25, 0.3) is 5.88 Å². The molecule has 31 heavy (non-hydrogen) atoms. The molecule has 1 fully saturated rings. The van der Waals surface area contributed by atoms with Gasteiger partial charge in [-0.25, -0.2) is 9.97 Å². The minimum Gasteiger partial charge on any atom is -0.493 e. The third-order valence-electron chi connectivity index (χ3n) is 5.46. The van der Waals surface area contributed by atoms with E-state index in [4.69, 9.17) is 19.2 Å². The summed E-state index contributed by atoms with van der Waals surface area (Å²) < 4.78 is 16.1. The van der Waals surface area contributed by atoms with Crippen LogP contribution in [-0.4, -0.2) is 50.3 Å². The van der Waals surface area contributed by atoms with E-state index < -0.39 is 0 Å². The van der Waals surface area contributed by atoms with Crippen molar-refractivity contribution in [3.8, 4) is 17.4 Å². The highest BCUT2D eigenvalue weighted by Gasteiger charge is 2.29. The highest BCUT2D eigenvalue weighted by molar-refractivity contribution is 5.93. The van der Waals surface area contributed by atoms with Crippen LogP contribution in [0, 0.1) is 5.92 Å². The van der Waals surface area contributed by atoms with Crippen LogP contribution in [0.3, 0.4) is 0 Å². The first-order chi connectivity index (χ1) is 15.1. The number of nitrogens with zero attached hydrogens (tertiary/aromatic N) is 3. The van der Waals surface area contributed by atoms with E-state index in [1.165, 1.54) is 0 Å². The van der Waals surface area contributed by atoms with Crippen molar-refractivity contribution in [2.75, 3.05) is 44.6 Å². The zero-order chi connectivity index (χ0) is 21.8. The first-order valence-corrected chi connectivity index (χ1v) is 10.2. The quantitative estimate of drug-likeness (QED) is 0.651. The van der Waals surface area contributed by atoms with Crippen molar-refractivity contribution in [3.63, 3.8) is 0 Å². The van der Waals surface area contributed by atoms with Crippen LogP contribution in [0.25, 0.3) is 11.0 Å². The highest BCUT2D eigenvalue weighted by Crippen LogP contribution is 2.32. The van der Waals surface area contributed by atoms with Gasteiger partial charge in [-0.15, -0.1) is 0 Å². The number of ether oxygens (including phenoxy) is 3. The van der Waals surface area contributed by atoms with Crippen LogP contribution in [0.4, 0.5) is 11.5 Å². The molecule has 2 heterocycles. The summed E-state index contributed by atoms with van der Waals surface area (Å²) in [6.45, 7) is 1.34. The van der Waals surface area contributed by atoms with Gasteiger partial charge >= 0.3 is 0 Å². The van der Waals surface area contributed by atoms with Gasteiger partial charge in [-0.3, -0.25) is 4.79 Å². The molecule has 0 unspecified atom stereocenters. The number of methoxy groups -OCH3 is 3. The minimum absolute atomic E-state index is 0.0374. The van der Waals surface area contributed by atoms with Crippen LogP contribution in [0.5, 0.6) is 17.4 Å². The standard InChI is InChI=1S/C23H26N4O4/c1-29-19-11-10-16(13-20(19)30-2)24-22(28)15-7-6-12-27(14-15)21-23(31-3)26-18-9-5-4-8-17(18)25-21/h4-5,8-11,13,15H,6-7,12,14H2,1-3H3,(H,24,28)/t15-/m0/s1. The molecule has 1 saturated heterocycles. The number of para-hydroxylation sites is 2. The number of hydrogen-bond acceptors (Lipinski definition) is 7. The lowest BCUT2D eigenvalue weighted by atomic mass is 9.97. The second-order valence-corrected chi connectivity index (χ2v) is 7.39. The van der Waals surface area contributed by atoms with Gasteiger partial charge < -0.3 is 24.4 Å². The van der Waals surface area contributed by atoms with E-state index in [1.54, 1.807) is 39.5 Å². The van der Waals surface area contributed by atoms with Gasteiger partial charge in [0.1, 0.15) is 0 Å². The lowest BCUT2D eigenvalue weighted by molar-refractivity contribution is -0.120. The number of anilines is 2. The SMILES string of the molecule is COc1ccc(NC(=O)[C@H]2CCCN(c3nc4ccccc4nc3OC)C2)cc1OC. The van der Waals surface area contributed by atoms with Crippen molar-refractivity contribution in [1.29, 1.82) is 0 Å². The lowest BCUT2D eigenvalue weighted by Gasteiger charge is -2.33. The van der Waals surface area contributed by atoms with E-state index in [2.05, 4.69) is 15.2 Å². The monoisotopic (exact) mass is 422 g/mol. The molecule has 0 aliphatic carbocycles. The number of carbonyl (C=O) groups excluding carboxylic acids is 1. The summed E-state index contributed by atoms with van der Waals surface area (Å²) in [7, 11) is 4.74. The molecule has 1 atom stereocenters. The van der Waals surface area contributed by atoms with Crippen molar-refractivity contribution in [2.24, 2.45) is 5.92 Å². The van der Waals surface area contributed by atoms with Gasteiger partial charge in [0.15, 0.2) is 17.3 Å². The van der Waals surface area contributed by atoms with E-state index in [-0.39, 0.29) is 11.8 Å². The van der Waals surface area contributed by atoms with Crippen LogP contribution in [0.15, 0.2) is 42.5 Å². The number of nitrogens with one attached hydrogen (secondary N) is 1. The number of carbonyl (C=O) groups is 1. The Morgan fingerprint density at radius 1 is 1.00 bits per heavy atom. The van der Waals surface area contributed by atoms with E-state index >= 15 is 0 Å². The molecular formula is C23H26N4O4. The van der Waals surface area contributed by atoms with E-state index in [9.17, 15) is 4.79 Å². The molecule has 0 bridgehead atoms. The third kappa shape index (κ3) is 4.33. The number of piperidine rings is 1. The number of rotatable bonds is 6. The van der Waals surface area contributed by atoms with Crippen LogP contribution in [0.2, 0.25) is 0 Å². The average Bonchev–Trinajstić information content (AvgIpc) is 2.83. The summed E-state index contributed by atoms with van der Waals surface area (Å²) in [4.78, 5) is 24.4. The van der Waals surface area contributed by atoms with Crippen molar-refractivity contribution < 1.29 is 19.0 Å². The van der Waals surface area contributed by atoms with Gasteiger partial charge in [-0.05, 0) is 37.1 Å². The molecule has 1 aliphatic heterocycles. The molecule has 0 spiro atoms. The molecule has 8 heteroatoms. The second-order valence-electron chi connectivity index (χ2n) is 7.39. The molecule has 2 aromatic carbocycles. The predicted molar refractivity (Wildman–Crippen MR) is 119 cm³/mol. The summed E-state index contributed by atoms with van der Waals surface area (Å²) >= 11 is 0. The molecule has 0 radical (unpaired) electrons. The Hall–Kier alpha value is -3.55. The van der Waals surface area contributed by atoms with E-state index in [1.807, 2.05) is 24.3 Å². The highest BCUT2D eigenvalue weighted by atomic mass is 16.5. The molecule has 1 aliphatic rings. The summed E-state index contributed by atoms with van der Waals surface area (Å²) in [6, 6.07) is 13.0. The van der Waals surface area contributed by atoms with Crippen LogP contribution in [0.1, 0.15) is 12.8 Å². The molecule has 8 nitrogen and oxygen atoms in total. The number of aromatic nitrogens is 2. The molecule has 162 valence electrons. The van der Waals surface area contributed by atoms with Gasteiger partial charge in [-0.2, -0.15) is 0 Å². The molecule has 1 N–H and O–H groups in total. The average molecular weight is 422 g/mol. The smallest absolute Gasteiger partial charge is 0.257 e. The van der Waals surface area contributed by atoms with Crippen LogP contribution in [-0.2, 0) is 4.79 Å². The van der Waals surface area contributed by atoms with Crippen molar-refractivity contribution in [1.82, 2.24) is 9.97 Å². The number of amides is 1. The molecule has 3 aromatic rings. The number of fused-ring (bicyclic) bond motifs is 1. The van der Waals surface area contributed by atoms with Crippen molar-refractivity contribution in [3.05, 3.63) is 42.5 Å². The van der Waals surface area contributed by atoms with Gasteiger partial charge in [0.2, 0.25) is 5.91 Å². The Labute approximate surface area is 181 Å². The number of hydrogen-bond donors (Lipinski definition) is 1. The maximum absolute atomic E-state index is 13.0. The summed E-state index contributed by atoms with van der Waals surface area (Å²) in [6.07, 6.45) is 1.68. The summed E-state index contributed by atoms with van der Waals surface area (Å²) in [5.41, 5.74) is 2.25. The minimum atomic E-state index is -0.181. The predicted octanol–water partition coefficient (Wildman–Crippen LogP) is 3.51. The Morgan fingerprint density at radius 2 is 1.74 bits per heavy atom. The fraction of sp³-hybridized carbons (Fsp3) is 0.348. The molecular weight excluding hydrogens is 396 g/mol. The van der Waals surface area contributed by atoms with E-state index in [0.717, 1.165) is 30.4 Å². The van der Waals surface area contributed by atoms with Crippen molar-refractivity contribution in [2.45, 2.75) is 12.8 Å². The van der Waals surface area contributed by atoms with Gasteiger partial charge in [0, 0.05) is 24.8 Å². The molecule has 1 aromatic heterocycles. The Balaban J connectivity index is 1.52. The second kappa shape index (κ2) is 9.07. The molecule has 0 saturated carbocycles. The van der Waals surface area contributed by atoms with Crippen LogP contribution >= 0.6 is 0 Å². The molecule has 1 amide bonds. The largest absolute Gasteiger partial charge is 0.493 e. The van der Waals surface area contributed by atoms with Crippen molar-refractivity contribution >= 4 is 28.4 Å². The van der Waals surface area contributed by atoms with Gasteiger partial charge in [-0.1, -0.05) is 12.1 Å². The first-order valence-electron chi connectivity index (χ1n) is 10.2. The first kappa shape index (κ1) is 20.7. The summed E-state index contributed by atoms with van der Waals surface area (Å²) in [5.74, 6) is 2.11.